The van der Waals surface area contributed by atoms with E-state index in [1.165, 1.54) is 14.0 Å². The Hall–Kier alpha value is -1.96. The van der Waals surface area contributed by atoms with Crippen LogP contribution in [0, 0.1) is 0 Å². The molecule has 4 atom stereocenters. The van der Waals surface area contributed by atoms with Gasteiger partial charge in [-0.1, -0.05) is 13.8 Å². The second kappa shape index (κ2) is 14.1. The van der Waals surface area contributed by atoms with E-state index in [-0.39, 0.29) is 37.6 Å². The van der Waals surface area contributed by atoms with Gasteiger partial charge >= 0.3 is 17.9 Å². The number of carbonyl (C=O) groups is 4. The van der Waals surface area contributed by atoms with Crippen molar-refractivity contribution in [1.82, 2.24) is 0 Å². The third-order valence-electron chi connectivity index (χ3n) is 4.06. The minimum atomic E-state index is -0.645. The average molecular weight is 402 g/mol. The maximum Gasteiger partial charge on any atom is 0.309 e. The van der Waals surface area contributed by atoms with Crippen LogP contribution in [-0.4, -0.2) is 55.2 Å². The Kier molecular flexibility index (Phi) is 13.1. The lowest BCUT2D eigenvalue weighted by atomic mass is 10.1. The van der Waals surface area contributed by atoms with Gasteiger partial charge in [0, 0.05) is 13.5 Å². The lowest BCUT2D eigenvalue weighted by Crippen LogP contribution is -2.28. The Morgan fingerprint density at radius 1 is 0.679 bits per heavy atom. The topological polar surface area (TPSA) is 105 Å². The molecule has 0 fully saturated rings. The van der Waals surface area contributed by atoms with E-state index in [1.807, 2.05) is 6.92 Å². The highest BCUT2D eigenvalue weighted by Crippen LogP contribution is 2.12. The van der Waals surface area contributed by atoms with Crippen molar-refractivity contribution in [2.75, 3.05) is 7.11 Å². The van der Waals surface area contributed by atoms with Gasteiger partial charge in [-0.25, -0.2) is 0 Å². The molecule has 8 heteroatoms. The summed E-state index contributed by atoms with van der Waals surface area (Å²) in [5.74, 6) is -1.58. The Labute approximate surface area is 167 Å². The largest absolute Gasteiger partial charge is 0.462 e. The zero-order chi connectivity index (χ0) is 21.7. The van der Waals surface area contributed by atoms with E-state index < -0.39 is 36.2 Å². The van der Waals surface area contributed by atoms with Gasteiger partial charge in [0.05, 0.1) is 25.4 Å². The molecule has 0 unspecified atom stereocenters. The zero-order valence-corrected chi connectivity index (χ0v) is 17.8. The number of Topliss-reactive ketones (excluding diaryl/α,β-unsaturated/α-hetero) is 1. The van der Waals surface area contributed by atoms with Crippen molar-refractivity contribution >= 4 is 23.7 Å². The van der Waals surface area contributed by atoms with E-state index in [1.54, 1.807) is 20.8 Å². The predicted octanol–water partition coefficient (Wildman–Crippen LogP) is 2.75. The highest BCUT2D eigenvalue weighted by molar-refractivity contribution is 5.77. The van der Waals surface area contributed by atoms with Crippen LogP contribution in [-0.2, 0) is 38.1 Å². The van der Waals surface area contributed by atoms with Crippen molar-refractivity contribution in [2.45, 2.75) is 97.6 Å². The fourth-order valence-electron chi connectivity index (χ4n) is 2.38. The number of hydrogen-bond acceptors (Lipinski definition) is 8. The predicted molar refractivity (Wildman–Crippen MR) is 102 cm³/mol. The number of ketones is 1. The van der Waals surface area contributed by atoms with Crippen LogP contribution in [0.2, 0.25) is 0 Å². The van der Waals surface area contributed by atoms with E-state index in [9.17, 15) is 19.2 Å². The number of methoxy groups -OCH3 is 1. The van der Waals surface area contributed by atoms with Crippen molar-refractivity contribution < 1.29 is 38.1 Å². The van der Waals surface area contributed by atoms with Crippen molar-refractivity contribution in [2.24, 2.45) is 0 Å². The van der Waals surface area contributed by atoms with Crippen molar-refractivity contribution in [3.05, 3.63) is 0 Å². The minimum Gasteiger partial charge on any atom is -0.462 e. The molecule has 0 aromatic rings. The fourth-order valence-corrected chi connectivity index (χ4v) is 2.38. The van der Waals surface area contributed by atoms with Gasteiger partial charge in [-0.2, -0.15) is 0 Å². The number of hydrogen-bond donors (Lipinski definition) is 0. The van der Waals surface area contributed by atoms with Crippen molar-refractivity contribution in [3.8, 4) is 0 Å². The summed E-state index contributed by atoms with van der Waals surface area (Å²) in [7, 11) is 1.50. The van der Waals surface area contributed by atoms with Gasteiger partial charge in [-0.05, 0) is 33.6 Å². The number of ether oxygens (including phenoxy) is 4. The normalized spacial score (nSPS) is 15.1. The van der Waals surface area contributed by atoms with Gasteiger partial charge in [0.25, 0.3) is 0 Å². The van der Waals surface area contributed by atoms with E-state index in [4.69, 9.17) is 18.9 Å². The van der Waals surface area contributed by atoms with E-state index in [2.05, 4.69) is 0 Å². The zero-order valence-electron chi connectivity index (χ0n) is 17.8. The first kappa shape index (κ1) is 26.0. The summed E-state index contributed by atoms with van der Waals surface area (Å²) in [5.41, 5.74) is 0. The second-order valence-corrected chi connectivity index (χ2v) is 6.91. The summed E-state index contributed by atoms with van der Waals surface area (Å²) in [4.78, 5) is 47.0. The Balaban J connectivity index is 4.41. The summed E-state index contributed by atoms with van der Waals surface area (Å²) >= 11 is 0. The first-order valence-corrected chi connectivity index (χ1v) is 9.71. The molecule has 0 heterocycles. The highest BCUT2D eigenvalue weighted by Gasteiger charge is 2.23. The van der Waals surface area contributed by atoms with Crippen molar-refractivity contribution in [1.29, 1.82) is 0 Å². The average Bonchev–Trinajstić information content (AvgIpc) is 2.59. The van der Waals surface area contributed by atoms with Crippen LogP contribution in [0.4, 0.5) is 0 Å². The van der Waals surface area contributed by atoms with Crippen molar-refractivity contribution in [3.63, 3.8) is 0 Å². The molecule has 0 aromatic heterocycles. The molecule has 0 radical (unpaired) electrons. The molecular formula is C20H34O8. The SMILES string of the molecule is CC[C@H](CC(C)=O)OC(=O)C[C@@H](CC)OC(=O)C[C@@H](C)OC(=O)C[C@@H](C)OC. The Morgan fingerprint density at radius 3 is 1.57 bits per heavy atom. The third-order valence-corrected chi connectivity index (χ3v) is 4.06. The molecule has 0 aliphatic rings. The number of esters is 3. The third kappa shape index (κ3) is 12.4. The second-order valence-electron chi connectivity index (χ2n) is 6.91. The molecular weight excluding hydrogens is 368 g/mol. The molecule has 0 amide bonds. The monoisotopic (exact) mass is 402 g/mol. The molecule has 0 saturated carbocycles. The number of rotatable bonds is 14. The number of carbonyl (C=O) groups excluding carboxylic acids is 4. The molecule has 8 nitrogen and oxygen atoms in total. The van der Waals surface area contributed by atoms with Gasteiger partial charge in [0.1, 0.15) is 24.1 Å². The summed E-state index contributed by atoms with van der Waals surface area (Å²) in [6, 6.07) is 0. The quantitative estimate of drug-likeness (QED) is 0.323. The first-order valence-electron chi connectivity index (χ1n) is 9.71. The lowest BCUT2D eigenvalue weighted by molar-refractivity contribution is -0.161. The van der Waals surface area contributed by atoms with E-state index >= 15 is 0 Å². The Morgan fingerprint density at radius 2 is 1.11 bits per heavy atom. The van der Waals surface area contributed by atoms with Crippen LogP contribution in [0.1, 0.15) is 73.1 Å². The van der Waals surface area contributed by atoms with E-state index in [0.717, 1.165) is 0 Å². The van der Waals surface area contributed by atoms with Gasteiger partial charge in [-0.15, -0.1) is 0 Å². The summed E-state index contributed by atoms with van der Waals surface area (Å²) in [6.07, 6.45) is -0.974. The summed E-state index contributed by atoms with van der Waals surface area (Å²) in [5, 5.41) is 0. The van der Waals surface area contributed by atoms with Crippen LogP contribution >= 0.6 is 0 Å². The maximum atomic E-state index is 12.1. The van der Waals surface area contributed by atoms with Gasteiger partial charge in [0.15, 0.2) is 0 Å². The van der Waals surface area contributed by atoms with Crippen LogP contribution in [0.15, 0.2) is 0 Å². The molecule has 28 heavy (non-hydrogen) atoms. The van der Waals surface area contributed by atoms with E-state index in [0.29, 0.717) is 12.8 Å². The summed E-state index contributed by atoms with van der Waals surface area (Å²) in [6.45, 7) is 8.39. The first-order chi connectivity index (χ1) is 13.1. The molecule has 0 bridgehead atoms. The van der Waals surface area contributed by atoms with Crippen LogP contribution in [0.25, 0.3) is 0 Å². The standard InChI is InChI=1S/C20H34O8/c1-7-16(9-13(3)21)27-20(24)12-17(8-2)28-19(23)11-15(5)26-18(22)10-14(4)25-6/h14-17H,7-12H2,1-6H3/t14-,15-,16-,17-/m1/s1. The van der Waals surface area contributed by atoms with Crippen LogP contribution in [0.3, 0.4) is 0 Å². The molecule has 0 rings (SSSR count). The van der Waals surface area contributed by atoms with Gasteiger partial charge < -0.3 is 18.9 Å². The molecule has 0 N–H and O–H groups in total. The van der Waals surface area contributed by atoms with Crippen LogP contribution in [0.5, 0.6) is 0 Å². The molecule has 0 aliphatic heterocycles. The smallest absolute Gasteiger partial charge is 0.309 e. The molecule has 0 spiro atoms. The maximum absolute atomic E-state index is 12.1. The Bertz CT molecular complexity index is 516. The van der Waals surface area contributed by atoms with Gasteiger partial charge in [0.2, 0.25) is 0 Å². The molecule has 0 aliphatic carbocycles. The van der Waals surface area contributed by atoms with Gasteiger partial charge in [-0.3, -0.25) is 19.2 Å². The molecule has 0 saturated heterocycles. The van der Waals surface area contributed by atoms with Crippen LogP contribution < -0.4 is 0 Å². The minimum absolute atomic E-state index is 0.0541. The summed E-state index contributed by atoms with van der Waals surface area (Å²) < 4.78 is 20.7. The molecule has 162 valence electrons. The fraction of sp³-hybridized carbons (Fsp3) is 0.800. The molecule has 0 aromatic carbocycles. The highest BCUT2D eigenvalue weighted by atomic mass is 16.6. The lowest BCUT2D eigenvalue weighted by Gasteiger charge is -2.20.